The number of thioether (sulfide) groups is 1. The van der Waals surface area contributed by atoms with E-state index in [2.05, 4.69) is 15.9 Å². The topological polar surface area (TPSA) is 37.3 Å². The minimum atomic E-state index is -0.694. The van der Waals surface area contributed by atoms with Crippen LogP contribution >= 0.6 is 27.7 Å². The van der Waals surface area contributed by atoms with E-state index in [-0.39, 0.29) is 5.92 Å². The van der Waals surface area contributed by atoms with E-state index in [1.807, 2.05) is 31.2 Å². The van der Waals surface area contributed by atoms with Crippen LogP contribution in [0.25, 0.3) is 0 Å². The summed E-state index contributed by atoms with van der Waals surface area (Å²) in [6.45, 7) is 1.99. The van der Waals surface area contributed by atoms with Gasteiger partial charge >= 0.3 is 5.97 Å². The van der Waals surface area contributed by atoms with Gasteiger partial charge in [-0.15, -0.1) is 11.8 Å². The Labute approximate surface area is 101 Å². The van der Waals surface area contributed by atoms with Crippen molar-refractivity contribution in [2.45, 2.75) is 23.0 Å². The molecule has 4 heteroatoms. The molecule has 15 heavy (non-hydrogen) atoms. The molecule has 1 aliphatic rings. The average molecular weight is 287 g/mol. The zero-order valence-corrected chi connectivity index (χ0v) is 10.6. The van der Waals surface area contributed by atoms with Crippen LogP contribution in [0.1, 0.15) is 13.3 Å². The molecule has 1 aliphatic carbocycles. The van der Waals surface area contributed by atoms with Gasteiger partial charge in [0, 0.05) is 9.37 Å². The Morgan fingerprint density at radius 3 is 2.80 bits per heavy atom. The van der Waals surface area contributed by atoms with Crippen LogP contribution in [0.5, 0.6) is 0 Å². The van der Waals surface area contributed by atoms with Gasteiger partial charge in [-0.3, -0.25) is 4.79 Å². The van der Waals surface area contributed by atoms with Gasteiger partial charge in [-0.2, -0.15) is 0 Å². The third kappa shape index (κ3) is 2.06. The number of halogens is 1. The average Bonchev–Trinajstić information content (AvgIpc) is 2.78. The molecule has 0 aliphatic heterocycles. The van der Waals surface area contributed by atoms with E-state index in [9.17, 15) is 9.90 Å². The monoisotopic (exact) mass is 286 g/mol. The van der Waals surface area contributed by atoms with Crippen molar-refractivity contribution >= 4 is 33.7 Å². The van der Waals surface area contributed by atoms with Crippen molar-refractivity contribution in [1.29, 1.82) is 0 Å². The Hall–Kier alpha value is -0.480. The maximum Gasteiger partial charge on any atom is 0.320 e. The van der Waals surface area contributed by atoms with Crippen molar-refractivity contribution in [2.75, 3.05) is 0 Å². The summed E-state index contributed by atoms with van der Waals surface area (Å²) in [6.07, 6.45) is 0.763. The number of aliphatic carboxylic acids is 1. The van der Waals surface area contributed by atoms with E-state index >= 15 is 0 Å². The molecular weight excluding hydrogens is 276 g/mol. The van der Waals surface area contributed by atoms with Gasteiger partial charge in [0.15, 0.2) is 0 Å². The fraction of sp³-hybridized carbons (Fsp3) is 0.364. The lowest BCUT2D eigenvalue weighted by Crippen LogP contribution is -2.19. The quantitative estimate of drug-likeness (QED) is 0.925. The Balaban J connectivity index is 2.19. The molecule has 1 N–H and O–H groups in total. The lowest BCUT2D eigenvalue weighted by Gasteiger charge is -2.10. The summed E-state index contributed by atoms with van der Waals surface area (Å²) < 4.78 is 0.405. The van der Waals surface area contributed by atoms with Crippen molar-refractivity contribution in [3.05, 3.63) is 28.7 Å². The molecule has 0 bridgehead atoms. The third-order valence-electron chi connectivity index (χ3n) is 2.70. The summed E-state index contributed by atoms with van der Waals surface area (Å²) in [4.78, 5) is 12.2. The third-order valence-corrected chi connectivity index (χ3v) is 4.79. The highest BCUT2D eigenvalue weighted by Gasteiger charge is 2.58. The van der Waals surface area contributed by atoms with Crippen LogP contribution in [0.2, 0.25) is 0 Å². The molecule has 1 aromatic rings. The van der Waals surface area contributed by atoms with E-state index in [4.69, 9.17) is 0 Å². The maximum atomic E-state index is 11.2. The van der Waals surface area contributed by atoms with Gasteiger partial charge in [-0.05, 0) is 30.5 Å². The van der Waals surface area contributed by atoms with Crippen LogP contribution in [0.15, 0.2) is 33.6 Å². The normalized spacial score (nSPS) is 28.8. The fourth-order valence-electron chi connectivity index (χ4n) is 1.62. The zero-order chi connectivity index (χ0) is 11.1. The summed E-state index contributed by atoms with van der Waals surface area (Å²) in [7, 11) is 0. The van der Waals surface area contributed by atoms with Crippen molar-refractivity contribution < 1.29 is 9.90 Å². The smallest absolute Gasteiger partial charge is 0.320 e. The van der Waals surface area contributed by atoms with Crippen molar-refractivity contribution in [2.24, 2.45) is 5.92 Å². The van der Waals surface area contributed by atoms with Gasteiger partial charge in [0.2, 0.25) is 0 Å². The van der Waals surface area contributed by atoms with E-state index in [0.29, 0.717) is 0 Å². The van der Waals surface area contributed by atoms with Crippen LogP contribution < -0.4 is 0 Å². The molecule has 2 atom stereocenters. The zero-order valence-electron chi connectivity index (χ0n) is 8.24. The molecule has 2 unspecified atom stereocenters. The molecule has 0 radical (unpaired) electrons. The van der Waals surface area contributed by atoms with Crippen LogP contribution in [-0.2, 0) is 4.79 Å². The largest absolute Gasteiger partial charge is 0.480 e. The number of benzene rings is 1. The first-order valence-electron chi connectivity index (χ1n) is 4.72. The van der Waals surface area contributed by atoms with Crippen LogP contribution in [0, 0.1) is 5.92 Å². The number of rotatable bonds is 3. The first kappa shape index (κ1) is 11.0. The Kier molecular flexibility index (Phi) is 2.81. The number of carbonyl (C=O) groups is 1. The van der Waals surface area contributed by atoms with Crippen molar-refractivity contribution in [3.63, 3.8) is 0 Å². The Morgan fingerprint density at radius 2 is 2.33 bits per heavy atom. The molecule has 0 aromatic heterocycles. The summed E-state index contributed by atoms with van der Waals surface area (Å²) in [6, 6.07) is 7.77. The molecule has 0 amide bonds. The van der Waals surface area contributed by atoms with Gasteiger partial charge in [0.25, 0.3) is 0 Å². The van der Waals surface area contributed by atoms with Crippen LogP contribution in [0.3, 0.4) is 0 Å². The summed E-state index contributed by atoms with van der Waals surface area (Å²) in [5, 5.41) is 9.17. The van der Waals surface area contributed by atoms with E-state index in [1.165, 1.54) is 11.8 Å². The Morgan fingerprint density at radius 1 is 1.67 bits per heavy atom. The number of hydrogen-bond donors (Lipinski definition) is 1. The standard InChI is InChI=1S/C11H11BrO2S/c1-7-6-11(7,10(13)14)15-9-4-2-3-8(12)5-9/h2-5,7H,6H2,1H3,(H,13,14). The molecule has 0 heterocycles. The number of hydrogen-bond acceptors (Lipinski definition) is 2. The SMILES string of the molecule is CC1CC1(Sc1cccc(Br)c1)C(=O)O. The van der Waals surface area contributed by atoms with Gasteiger partial charge in [-0.25, -0.2) is 0 Å². The highest BCUT2D eigenvalue weighted by atomic mass is 79.9. The second-order valence-electron chi connectivity index (χ2n) is 3.86. The number of carboxylic acids is 1. The molecule has 1 fully saturated rings. The highest BCUT2D eigenvalue weighted by Crippen LogP contribution is 2.56. The molecule has 2 rings (SSSR count). The predicted octanol–water partition coefficient (Wildman–Crippen LogP) is 3.40. The van der Waals surface area contributed by atoms with Crippen LogP contribution in [-0.4, -0.2) is 15.8 Å². The Bertz CT molecular complexity index is 407. The lowest BCUT2D eigenvalue weighted by molar-refractivity contribution is -0.137. The molecule has 80 valence electrons. The minimum Gasteiger partial charge on any atom is -0.480 e. The number of carboxylic acid groups (broad SMARTS) is 1. The van der Waals surface area contributed by atoms with Crippen LogP contribution in [0.4, 0.5) is 0 Å². The minimum absolute atomic E-state index is 0.263. The molecular formula is C11H11BrO2S. The maximum absolute atomic E-state index is 11.2. The van der Waals surface area contributed by atoms with Gasteiger partial charge in [0.05, 0.1) is 0 Å². The van der Waals surface area contributed by atoms with Gasteiger partial charge in [0.1, 0.15) is 4.75 Å². The molecule has 1 saturated carbocycles. The van der Waals surface area contributed by atoms with E-state index < -0.39 is 10.7 Å². The highest BCUT2D eigenvalue weighted by molar-refractivity contribution is 9.10. The second-order valence-corrected chi connectivity index (χ2v) is 6.18. The van der Waals surface area contributed by atoms with Crippen molar-refractivity contribution in [3.8, 4) is 0 Å². The van der Waals surface area contributed by atoms with Gasteiger partial charge < -0.3 is 5.11 Å². The summed E-state index contributed by atoms with van der Waals surface area (Å²) in [5.41, 5.74) is 0. The first-order valence-corrected chi connectivity index (χ1v) is 6.33. The van der Waals surface area contributed by atoms with E-state index in [0.717, 1.165) is 15.8 Å². The van der Waals surface area contributed by atoms with Gasteiger partial charge in [-0.1, -0.05) is 28.9 Å². The summed E-state index contributed by atoms with van der Waals surface area (Å²) >= 11 is 4.84. The fourth-order valence-corrected chi connectivity index (χ4v) is 3.55. The summed E-state index contributed by atoms with van der Waals surface area (Å²) in [5.74, 6) is -0.432. The predicted molar refractivity (Wildman–Crippen MR) is 64.1 cm³/mol. The van der Waals surface area contributed by atoms with Crippen molar-refractivity contribution in [1.82, 2.24) is 0 Å². The van der Waals surface area contributed by atoms with E-state index in [1.54, 1.807) is 0 Å². The molecule has 1 aromatic carbocycles. The molecule has 0 saturated heterocycles. The lowest BCUT2D eigenvalue weighted by atomic mass is 10.3. The first-order chi connectivity index (χ1) is 7.04. The second kappa shape index (κ2) is 3.83. The molecule has 0 spiro atoms. The molecule has 2 nitrogen and oxygen atoms in total.